The number of pyridine rings is 1. The molecule has 0 atom stereocenters. The Morgan fingerprint density at radius 3 is 1.97 bits per heavy atom. The highest BCUT2D eigenvalue weighted by Crippen LogP contribution is 2.28. The maximum atomic E-state index is 7.61. The van der Waals surface area contributed by atoms with Crippen molar-refractivity contribution < 1.29 is 0 Å². The summed E-state index contributed by atoms with van der Waals surface area (Å²) in [5, 5.41) is 7.61. The highest BCUT2D eigenvalue weighted by molar-refractivity contribution is 6.08. The van der Waals surface area contributed by atoms with Crippen molar-refractivity contribution in [2.24, 2.45) is 0 Å². The van der Waals surface area contributed by atoms with Crippen LogP contribution < -0.4 is 0 Å². The third kappa shape index (κ3) is 4.07. The smallest absolute Gasteiger partial charge is 0.0709 e. The standard InChI is InChI=1S/C27H22N2/c1-2-20(19-28)22-11-6-12-23(17-22)24-13-7-14-25(18-24)27-16-8-15-26(29-27)21-9-4-3-5-10-21/h2-19,28H,1H3/b20-2+,28-19?. The van der Waals surface area contributed by atoms with E-state index in [1.54, 1.807) is 0 Å². The van der Waals surface area contributed by atoms with Gasteiger partial charge >= 0.3 is 0 Å². The second-order valence-corrected chi connectivity index (χ2v) is 6.82. The van der Waals surface area contributed by atoms with E-state index in [9.17, 15) is 0 Å². The fraction of sp³-hybridized carbons (Fsp3) is 0.0370. The number of hydrogen-bond donors (Lipinski definition) is 1. The molecular formula is C27H22N2. The lowest BCUT2D eigenvalue weighted by molar-refractivity contribution is 1.32. The first kappa shape index (κ1) is 18.6. The molecule has 0 saturated carbocycles. The van der Waals surface area contributed by atoms with E-state index >= 15 is 0 Å². The fourth-order valence-corrected chi connectivity index (χ4v) is 3.43. The Morgan fingerprint density at radius 2 is 1.24 bits per heavy atom. The number of allylic oxidation sites excluding steroid dienone is 2. The van der Waals surface area contributed by atoms with E-state index in [0.717, 1.165) is 44.8 Å². The first-order valence-corrected chi connectivity index (χ1v) is 9.69. The Labute approximate surface area is 171 Å². The van der Waals surface area contributed by atoms with Crippen LogP contribution >= 0.6 is 0 Å². The van der Waals surface area contributed by atoms with Crippen molar-refractivity contribution in [2.75, 3.05) is 0 Å². The van der Waals surface area contributed by atoms with Gasteiger partial charge in [-0.1, -0.05) is 78.9 Å². The van der Waals surface area contributed by atoms with Gasteiger partial charge < -0.3 is 5.41 Å². The molecule has 0 aliphatic heterocycles. The van der Waals surface area contributed by atoms with E-state index < -0.39 is 0 Å². The van der Waals surface area contributed by atoms with Crippen LogP contribution in [-0.4, -0.2) is 11.2 Å². The summed E-state index contributed by atoms with van der Waals surface area (Å²) in [5.74, 6) is 0. The fourth-order valence-electron chi connectivity index (χ4n) is 3.43. The largest absolute Gasteiger partial charge is 0.308 e. The van der Waals surface area contributed by atoms with Crippen molar-refractivity contribution in [3.63, 3.8) is 0 Å². The first-order chi connectivity index (χ1) is 14.3. The summed E-state index contributed by atoms with van der Waals surface area (Å²) in [6, 6.07) is 33.2. The van der Waals surface area contributed by atoms with Gasteiger partial charge in [-0.25, -0.2) is 4.98 Å². The molecule has 29 heavy (non-hydrogen) atoms. The van der Waals surface area contributed by atoms with Gasteiger partial charge in [0, 0.05) is 17.3 Å². The van der Waals surface area contributed by atoms with Gasteiger partial charge in [0.2, 0.25) is 0 Å². The minimum absolute atomic E-state index is 0.917. The minimum atomic E-state index is 0.917. The third-order valence-electron chi connectivity index (χ3n) is 4.97. The topological polar surface area (TPSA) is 36.7 Å². The van der Waals surface area contributed by atoms with Gasteiger partial charge in [-0.05, 0) is 53.5 Å². The number of nitrogens with one attached hydrogen (secondary N) is 1. The SMILES string of the molecule is C/C=C(\C=N)c1cccc(-c2cccc(-c3cccc(-c4ccccc4)n3)c2)c1. The van der Waals surface area contributed by atoms with Crippen molar-refractivity contribution in [3.05, 3.63) is 109 Å². The molecule has 0 aliphatic carbocycles. The lowest BCUT2D eigenvalue weighted by atomic mass is 9.97. The number of hydrogen-bond acceptors (Lipinski definition) is 2. The molecular weight excluding hydrogens is 352 g/mol. The number of aromatic nitrogens is 1. The van der Waals surface area contributed by atoms with Gasteiger partial charge in [-0.3, -0.25) is 0 Å². The maximum absolute atomic E-state index is 7.61. The van der Waals surface area contributed by atoms with Gasteiger partial charge in [-0.15, -0.1) is 0 Å². The summed E-state index contributed by atoms with van der Waals surface area (Å²) in [6.45, 7) is 1.96. The molecule has 1 aromatic heterocycles. The molecule has 140 valence electrons. The summed E-state index contributed by atoms with van der Waals surface area (Å²) in [7, 11) is 0. The molecule has 0 saturated heterocycles. The molecule has 0 radical (unpaired) electrons. The predicted molar refractivity (Wildman–Crippen MR) is 123 cm³/mol. The summed E-state index contributed by atoms with van der Waals surface area (Å²) >= 11 is 0. The molecule has 0 aliphatic rings. The summed E-state index contributed by atoms with van der Waals surface area (Å²) < 4.78 is 0. The van der Waals surface area contributed by atoms with Crippen LogP contribution in [0.2, 0.25) is 0 Å². The zero-order chi connectivity index (χ0) is 20.1. The van der Waals surface area contributed by atoms with Crippen molar-refractivity contribution in [3.8, 4) is 33.6 Å². The molecule has 0 unspecified atom stereocenters. The zero-order valence-electron chi connectivity index (χ0n) is 16.3. The van der Waals surface area contributed by atoms with Crippen LogP contribution in [0.4, 0.5) is 0 Å². The van der Waals surface area contributed by atoms with Gasteiger partial charge in [-0.2, -0.15) is 0 Å². The normalized spacial score (nSPS) is 11.3. The summed E-state index contributed by atoms with van der Waals surface area (Å²) in [5.41, 5.74) is 8.36. The first-order valence-electron chi connectivity index (χ1n) is 9.69. The van der Waals surface area contributed by atoms with E-state index in [-0.39, 0.29) is 0 Å². The number of nitrogens with zero attached hydrogens (tertiary/aromatic N) is 1. The summed E-state index contributed by atoms with van der Waals surface area (Å²) in [4.78, 5) is 4.88. The maximum Gasteiger partial charge on any atom is 0.0709 e. The lowest BCUT2D eigenvalue weighted by Crippen LogP contribution is -1.89. The summed E-state index contributed by atoms with van der Waals surface area (Å²) in [6.07, 6.45) is 3.36. The van der Waals surface area contributed by atoms with Crippen LogP contribution in [0, 0.1) is 5.41 Å². The molecule has 0 fully saturated rings. The third-order valence-corrected chi connectivity index (χ3v) is 4.97. The van der Waals surface area contributed by atoms with Crippen LogP contribution in [0.1, 0.15) is 12.5 Å². The average molecular weight is 374 g/mol. The van der Waals surface area contributed by atoms with E-state index in [1.165, 1.54) is 6.21 Å². The van der Waals surface area contributed by atoms with Crippen molar-refractivity contribution in [1.29, 1.82) is 5.41 Å². The van der Waals surface area contributed by atoms with Crippen LogP contribution in [0.15, 0.2) is 103 Å². The average Bonchev–Trinajstić information content (AvgIpc) is 2.81. The van der Waals surface area contributed by atoms with Crippen molar-refractivity contribution >= 4 is 11.8 Å². The second-order valence-electron chi connectivity index (χ2n) is 6.82. The molecule has 0 bridgehead atoms. The highest BCUT2D eigenvalue weighted by Gasteiger charge is 2.06. The van der Waals surface area contributed by atoms with Gasteiger partial charge in [0.15, 0.2) is 0 Å². The van der Waals surface area contributed by atoms with Gasteiger partial charge in [0.1, 0.15) is 0 Å². The number of benzene rings is 3. The zero-order valence-corrected chi connectivity index (χ0v) is 16.3. The number of rotatable bonds is 5. The quantitative estimate of drug-likeness (QED) is 0.370. The lowest BCUT2D eigenvalue weighted by Gasteiger charge is -2.09. The predicted octanol–water partition coefficient (Wildman–Crippen LogP) is 7.14. The Hall–Kier alpha value is -3.78. The molecule has 1 N–H and O–H groups in total. The van der Waals surface area contributed by atoms with Crippen molar-refractivity contribution in [1.82, 2.24) is 4.98 Å². The molecule has 4 aromatic rings. The monoisotopic (exact) mass is 374 g/mol. The minimum Gasteiger partial charge on any atom is -0.308 e. The van der Waals surface area contributed by atoms with Crippen LogP contribution in [0.25, 0.3) is 39.2 Å². The molecule has 4 rings (SSSR count). The molecule has 2 nitrogen and oxygen atoms in total. The van der Waals surface area contributed by atoms with Crippen LogP contribution in [0.3, 0.4) is 0 Å². The van der Waals surface area contributed by atoms with E-state index in [2.05, 4.69) is 60.7 Å². The Balaban J connectivity index is 1.72. The Morgan fingerprint density at radius 1 is 0.655 bits per heavy atom. The molecule has 3 aromatic carbocycles. The molecule has 2 heteroatoms. The van der Waals surface area contributed by atoms with Crippen molar-refractivity contribution in [2.45, 2.75) is 6.92 Å². The van der Waals surface area contributed by atoms with Crippen LogP contribution in [-0.2, 0) is 0 Å². The van der Waals surface area contributed by atoms with Gasteiger partial charge in [0.05, 0.1) is 11.4 Å². The Kier molecular flexibility index (Phi) is 5.44. The molecule has 1 heterocycles. The molecule has 0 spiro atoms. The van der Waals surface area contributed by atoms with E-state index in [4.69, 9.17) is 10.4 Å². The second kappa shape index (κ2) is 8.49. The van der Waals surface area contributed by atoms with Gasteiger partial charge in [0.25, 0.3) is 0 Å². The highest BCUT2D eigenvalue weighted by atomic mass is 14.7. The van der Waals surface area contributed by atoms with E-state index in [1.807, 2.05) is 49.4 Å². The van der Waals surface area contributed by atoms with E-state index in [0.29, 0.717) is 0 Å². The Bertz CT molecular complexity index is 1170. The molecule has 0 amide bonds. The van der Waals surface area contributed by atoms with Crippen LogP contribution in [0.5, 0.6) is 0 Å².